The average Bonchev–Trinajstić information content (AvgIpc) is 3.52. The lowest BCUT2D eigenvalue weighted by Crippen LogP contribution is -2.20. The van der Waals surface area contributed by atoms with Gasteiger partial charge in [0.15, 0.2) is 5.82 Å². The highest BCUT2D eigenvalue weighted by Crippen LogP contribution is 2.28. The summed E-state index contributed by atoms with van der Waals surface area (Å²) in [5.41, 5.74) is 3.85. The van der Waals surface area contributed by atoms with E-state index in [0.29, 0.717) is 17.6 Å². The summed E-state index contributed by atoms with van der Waals surface area (Å²) in [6, 6.07) is 13.4. The highest BCUT2D eigenvalue weighted by Gasteiger charge is 2.20. The molecule has 1 aromatic carbocycles. The van der Waals surface area contributed by atoms with Gasteiger partial charge in [0, 0.05) is 41.2 Å². The molecule has 4 heterocycles. The van der Waals surface area contributed by atoms with E-state index in [1.54, 1.807) is 30.7 Å². The molecule has 0 fully saturated rings. The number of nitrogens with zero attached hydrogens (tertiary/aromatic N) is 4. The van der Waals surface area contributed by atoms with E-state index >= 15 is 0 Å². The fraction of sp³-hybridized carbons (Fsp3) is 0.185. The van der Waals surface area contributed by atoms with E-state index in [4.69, 9.17) is 9.08 Å². The average molecular weight is 567 g/mol. The Hall–Kier alpha value is -4.62. The van der Waals surface area contributed by atoms with Crippen molar-refractivity contribution in [3.05, 3.63) is 84.9 Å². The zero-order valence-electron chi connectivity index (χ0n) is 22.1. The van der Waals surface area contributed by atoms with Crippen molar-refractivity contribution >= 4 is 33.3 Å². The zero-order chi connectivity index (χ0) is 29.1. The van der Waals surface area contributed by atoms with Crippen LogP contribution in [-0.2, 0) is 15.5 Å². The molecule has 208 valence electrons. The second-order valence-corrected chi connectivity index (χ2v) is 11.3. The molecule has 0 unspecified atom stereocenters. The molecule has 0 spiro atoms. The highest BCUT2D eigenvalue weighted by molar-refractivity contribution is 7.85. The third-order valence-corrected chi connectivity index (χ3v) is 5.51. The molecule has 0 aliphatic rings. The number of nitrogens with one attached hydrogen (secondary N) is 2. The predicted octanol–water partition coefficient (Wildman–Crippen LogP) is 5.64. The van der Waals surface area contributed by atoms with Crippen molar-refractivity contribution in [3.8, 4) is 22.4 Å². The Kier molecular flexibility index (Phi) is 7.98. The number of rotatable bonds is 4. The molecular formula is C27H27FN6O5S. The van der Waals surface area contributed by atoms with Gasteiger partial charge in [-0.2, -0.15) is 8.42 Å². The number of carbonyl (C=O) groups is 1. The molecule has 2 amide bonds. The molecule has 4 aromatic heterocycles. The summed E-state index contributed by atoms with van der Waals surface area (Å²) in [4.78, 5) is 21.0. The Morgan fingerprint density at radius 2 is 1.77 bits per heavy atom. The number of pyridine rings is 2. The number of amides is 2. The fourth-order valence-corrected chi connectivity index (χ4v) is 3.64. The van der Waals surface area contributed by atoms with E-state index in [1.165, 1.54) is 12.1 Å². The lowest BCUT2D eigenvalue weighted by Gasteiger charge is -2.12. The maximum atomic E-state index is 14.9. The summed E-state index contributed by atoms with van der Waals surface area (Å²) in [6.45, 7) is 5.91. The predicted molar refractivity (Wildman–Crippen MR) is 149 cm³/mol. The van der Waals surface area contributed by atoms with Crippen LogP contribution in [0.1, 0.15) is 26.5 Å². The van der Waals surface area contributed by atoms with Crippen LogP contribution in [0.3, 0.4) is 0 Å². The van der Waals surface area contributed by atoms with Crippen molar-refractivity contribution < 1.29 is 26.7 Å². The summed E-state index contributed by atoms with van der Waals surface area (Å²) in [7, 11) is -3.67. The Morgan fingerprint density at radius 1 is 1.02 bits per heavy atom. The maximum absolute atomic E-state index is 14.9. The summed E-state index contributed by atoms with van der Waals surface area (Å²) in [5, 5.41) is 8.90. The molecule has 3 N–H and O–H groups in total. The summed E-state index contributed by atoms with van der Waals surface area (Å²) in [6.07, 6.45) is 7.81. The minimum Gasteiger partial charge on any atom is -0.359 e. The number of anilines is 2. The zero-order valence-corrected chi connectivity index (χ0v) is 22.9. The number of halogens is 1. The Balaban J connectivity index is 0.000000681. The van der Waals surface area contributed by atoms with Crippen molar-refractivity contribution in [1.82, 2.24) is 19.5 Å². The Labute approximate surface area is 229 Å². The number of urea groups is 1. The van der Waals surface area contributed by atoms with Gasteiger partial charge in [-0.25, -0.2) is 14.2 Å². The summed E-state index contributed by atoms with van der Waals surface area (Å²) < 4.78 is 47.9. The second-order valence-electron chi connectivity index (χ2n) is 9.86. The number of hydrogen-bond acceptors (Lipinski definition) is 7. The first-order valence-electron chi connectivity index (χ1n) is 11.9. The van der Waals surface area contributed by atoms with Crippen molar-refractivity contribution in [2.24, 2.45) is 0 Å². The van der Waals surface area contributed by atoms with Crippen LogP contribution in [0.25, 0.3) is 28.0 Å². The molecule has 40 heavy (non-hydrogen) atoms. The number of hydrogen-bond donors (Lipinski definition) is 3. The maximum Gasteiger partial charge on any atom is 0.325 e. The molecule has 5 aromatic rings. The van der Waals surface area contributed by atoms with E-state index in [-0.39, 0.29) is 16.9 Å². The van der Waals surface area contributed by atoms with Crippen LogP contribution in [0.15, 0.2) is 77.8 Å². The van der Waals surface area contributed by atoms with Crippen LogP contribution in [0, 0.1) is 5.82 Å². The number of fused-ring (bicyclic) bond motifs is 1. The van der Waals surface area contributed by atoms with Crippen LogP contribution < -0.4 is 10.6 Å². The van der Waals surface area contributed by atoms with E-state index in [1.807, 2.05) is 55.6 Å². The molecule has 0 atom stereocenters. The van der Waals surface area contributed by atoms with Gasteiger partial charge in [0.05, 0.1) is 23.8 Å². The second kappa shape index (κ2) is 11.2. The number of imidazole rings is 1. The van der Waals surface area contributed by atoms with Crippen LogP contribution >= 0.6 is 0 Å². The minimum absolute atomic E-state index is 0.0403. The topological polar surface area (TPSA) is 152 Å². The number of carbonyl (C=O) groups excluding carboxylic acids is 1. The molecule has 0 saturated heterocycles. The van der Waals surface area contributed by atoms with Crippen LogP contribution in [0.5, 0.6) is 0 Å². The van der Waals surface area contributed by atoms with Gasteiger partial charge in [0.25, 0.3) is 10.1 Å². The number of aromatic nitrogens is 4. The van der Waals surface area contributed by atoms with Gasteiger partial charge in [-0.05, 0) is 35.9 Å². The quantitative estimate of drug-likeness (QED) is 0.237. The summed E-state index contributed by atoms with van der Waals surface area (Å²) in [5.74, 6) is 0.305. The van der Waals surface area contributed by atoms with Gasteiger partial charge < -0.3 is 9.84 Å². The minimum atomic E-state index is -3.67. The SMILES string of the molecule is CC(C)(C)c1cc(NC(=O)Nc2ccc(-c3cnc4cc(-c5cccnc5)ccn34)cc2F)no1.CS(=O)(=O)O. The highest BCUT2D eigenvalue weighted by atomic mass is 32.2. The van der Waals surface area contributed by atoms with Crippen LogP contribution in [-0.4, -0.2) is 44.8 Å². The number of benzene rings is 1. The first-order valence-corrected chi connectivity index (χ1v) is 13.8. The van der Waals surface area contributed by atoms with Gasteiger partial charge in [0.1, 0.15) is 17.2 Å². The van der Waals surface area contributed by atoms with E-state index < -0.39 is 22.0 Å². The largest absolute Gasteiger partial charge is 0.359 e. The van der Waals surface area contributed by atoms with Crippen LogP contribution in [0.4, 0.5) is 20.7 Å². The lowest BCUT2D eigenvalue weighted by atomic mass is 9.93. The van der Waals surface area contributed by atoms with Crippen molar-refractivity contribution in [3.63, 3.8) is 0 Å². The standard InChI is InChI=1S/C26H23FN6O2.CH4O3S/c1-26(2,3)22-13-23(32-35-22)31-25(34)30-20-7-6-17(11-19(20)27)21-15-29-24-12-16(8-10-33(21)24)18-5-4-9-28-14-18;1-5(2,3)4/h4-15H,1-3H3,(H2,30,31,32,34);1H3,(H,2,3,4). The van der Waals surface area contributed by atoms with E-state index in [2.05, 4.69) is 25.8 Å². The Morgan fingerprint density at radius 3 is 2.40 bits per heavy atom. The molecule has 11 nitrogen and oxygen atoms in total. The smallest absolute Gasteiger partial charge is 0.325 e. The van der Waals surface area contributed by atoms with Crippen molar-refractivity contribution in [2.45, 2.75) is 26.2 Å². The molecule has 5 rings (SSSR count). The van der Waals surface area contributed by atoms with Gasteiger partial charge in [0.2, 0.25) is 0 Å². The van der Waals surface area contributed by atoms with Gasteiger partial charge in [-0.1, -0.05) is 38.1 Å². The lowest BCUT2D eigenvalue weighted by molar-refractivity contribution is 0.261. The first-order chi connectivity index (χ1) is 18.8. The summed E-state index contributed by atoms with van der Waals surface area (Å²) >= 11 is 0. The molecular weight excluding hydrogens is 539 g/mol. The molecule has 13 heteroatoms. The molecule has 0 saturated carbocycles. The normalized spacial score (nSPS) is 11.6. The Bertz CT molecular complexity index is 1750. The molecule has 0 bridgehead atoms. The third-order valence-electron chi connectivity index (χ3n) is 5.51. The molecule has 0 radical (unpaired) electrons. The van der Waals surface area contributed by atoms with Gasteiger partial charge >= 0.3 is 6.03 Å². The van der Waals surface area contributed by atoms with Crippen molar-refractivity contribution in [2.75, 3.05) is 16.9 Å². The molecule has 0 aliphatic carbocycles. The van der Waals surface area contributed by atoms with Crippen LogP contribution in [0.2, 0.25) is 0 Å². The van der Waals surface area contributed by atoms with E-state index in [0.717, 1.165) is 22.5 Å². The first kappa shape index (κ1) is 28.4. The monoisotopic (exact) mass is 566 g/mol. The fourth-order valence-electron chi connectivity index (χ4n) is 3.64. The third kappa shape index (κ3) is 7.27. The van der Waals surface area contributed by atoms with Gasteiger partial charge in [-0.3, -0.25) is 19.3 Å². The van der Waals surface area contributed by atoms with Gasteiger partial charge in [-0.15, -0.1) is 0 Å². The molecule has 0 aliphatic heterocycles. The van der Waals surface area contributed by atoms with Crippen molar-refractivity contribution in [1.29, 1.82) is 0 Å². The van der Waals surface area contributed by atoms with E-state index in [9.17, 15) is 17.6 Å².